The second-order valence-corrected chi connectivity index (χ2v) is 7.15. The summed E-state index contributed by atoms with van der Waals surface area (Å²) in [6.07, 6.45) is 0.936. The smallest absolute Gasteiger partial charge is 0.253 e. The first-order valence-electron chi connectivity index (χ1n) is 7.39. The van der Waals surface area contributed by atoms with Crippen molar-refractivity contribution in [2.45, 2.75) is 51.4 Å². The number of amides is 1. The molecule has 1 fully saturated rings. The van der Waals surface area contributed by atoms with Gasteiger partial charge < -0.3 is 15.0 Å². The van der Waals surface area contributed by atoms with E-state index in [1.807, 2.05) is 24.3 Å². The molecule has 116 valence electrons. The highest BCUT2D eigenvalue weighted by molar-refractivity contribution is 5.94. The van der Waals surface area contributed by atoms with Gasteiger partial charge in [0, 0.05) is 25.3 Å². The van der Waals surface area contributed by atoms with Crippen molar-refractivity contribution in [1.29, 1.82) is 0 Å². The summed E-state index contributed by atoms with van der Waals surface area (Å²) >= 11 is 0. The van der Waals surface area contributed by atoms with E-state index in [-0.39, 0.29) is 23.2 Å². The minimum atomic E-state index is -0.231. The fourth-order valence-electron chi connectivity index (χ4n) is 2.99. The molecule has 0 aliphatic carbocycles. The highest BCUT2D eigenvalue weighted by atomic mass is 16.5. The maximum absolute atomic E-state index is 12.0. The molecular formula is C17H26N2O2. The molecule has 0 aromatic heterocycles. The predicted octanol–water partition coefficient (Wildman–Crippen LogP) is 3.15. The summed E-state index contributed by atoms with van der Waals surface area (Å²) in [5.74, 6) is 0.0147. The molecule has 1 N–H and O–H groups in total. The molecule has 4 nitrogen and oxygen atoms in total. The lowest BCUT2D eigenvalue weighted by Crippen LogP contribution is -2.38. The molecule has 0 saturated carbocycles. The molecule has 1 heterocycles. The Morgan fingerprint density at radius 2 is 1.95 bits per heavy atom. The SMILES string of the molecule is CN(C)C(=O)c1cccc(NC2CC(C)(C)OC2(C)C)c1. The van der Waals surface area contributed by atoms with Gasteiger partial charge in [-0.05, 0) is 52.3 Å². The van der Waals surface area contributed by atoms with E-state index in [9.17, 15) is 4.79 Å². The molecule has 0 spiro atoms. The first kappa shape index (κ1) is 15.8. The van der Waals surface area contributed by atoms with Crippen molar-refractivity contribution < 1.29 is 9.53 Å². The Labute approximate surface area is 127 Å². The molecule has 1 aromatic carbocycles. The fourth-order valence-corrected chi connectivity index (χ4v) is 2.99. The number of carbonyl (C=O) groups excluding carboxylic acids is 1. The van der Waals surface area contributed by atoms with Crippen LogP contribution in [0.25, 0.3) is 0 Å². The van der Waals surface area contributed by atoms with Gasteiger partial charge >= 0.3 is 0 Å². The molecule has 4 heteroatoms. The Balaban J connectivity index is 2.17. The van der Waals surface area contributed by atoms with Crippen molar-refractivity contribution in [1.82, 2.24) is 4.90 Å². The number of ether oxygens (including phenoxy) is 1. The Morgan fingerprint density at radius 3 is 2.48 bits per heavy atom. The molecule has 1 saturated heterocycles. The van der Waals surface area contributed by atoms with E-state index >= 15 is 0 Å². The Morgan fingerprint density at radius 1 is 1.29 bits per heavy atom. The normalized spacial score (nSPS) is 22.9. The van der Waals surface area contributed by atoms with Gasteiger partial charge in [-0.3, -0.25) is 4.79 Å². The van der Waals surface area contributed by atoms with Gasteiger partial charge in [0.25, 0.3) is 5.91 Å². The molecule has 1 aliphatic rings. The Bertz CT molecular complexity index is 535. The van der Waals surface area contributed by atoms with Crippen LogP contribution in [0.2, 0.25) is 0 Å². The number of nitrogens with one attached hydrogen (secondary N) is 1. The lowest BCUT2D eigenvalue weighted by molar-refractivity contribution is -0.0662. The predicted molar refractivity (Wildman–Crippen MR) is 85.7 cm³/mol. The van der Waals surface area contributed by atoms with E-state index in [0.29, 0.717) is 5.56 Å². The third-order valence-corrected chi connectivity index (χ3v) is 3.93. The van der Waals surface area contributed by atoms with Crippen molar-refractivity contribution in [3.63, 3.8) is 0 Å². The zero-order chi connectivity index (χ0) is 15.8. The quantitative estimate of drug-likeness (QED) is 0.930. The molecule has 1 atom stereocenters. The summed E-state index contributed by atoms with van der Waals surface area (Å²) in [6, 6.07) is 7.87. The van der Waals surface area contributed by atoms with Gasteiger partial charge in [0.05, 0.1) is 17.2 Å². The van der Waals surface area contributed by atoms with Crippen LogP contribution in [0.1, 0.15) is 44.5 Å². The minimum Gasteiger partial charge on any atom is -0.379 e. The summed E-state index contributed by atoms with van der Waals surface area (Å²) in [5, 5.41) is 3.53. The van der Waals surface area contributed by atoms with Crippen molar-refractivity contribution in [3.8, 4) is 0 Å². The van der Waals surface area contributed by atoms with E-state index < -0.39 is 0 Å². The summed E-state index contributed by atoms with van der Waals surface area (Å²) in [5.41, 5.74) is 1.30. The van der Waals surface area contributed by atoms with Gasteiger partial charge in [0.1, 0.15) is 0 Å². The summed E-state index contributed by atoms with van der Waals surface area (Å²) < 4.78 is 6.10. The number of nitrogens with zero attached hydrogens (tertiary/aromatic N) is 1. The van der Waals surface area contributed by atoms with E-state index in [1.165, 1.54) is 0 Å². The zero-order valence-corrected chi connectivity index (χ0v) is 13.9. The number of rotatable bonds is 3. The second-order valence-electron chi connectivity index (χ2n) is 7.15. The van der Waals surface area contributed by atoms with E-state index in [0.717, 1.165) is 12.1 Å². The molecule has 1 unspecified atom stereocenters. The van der Waals surface area contributed by atoms with Gasteiger partial charge in [0.15, 0.2) is 0 Å². The maximum atomic E-state index is 12.0. The fraction of sp³-hybridized carbons (Fsp3) is 0.588. The lowest BCUT2D eigenvalue weighted by atomic mass is 9.94. The van der Waals surface area contributed by atoms with Crippen molar-refractivity contribution in [2.75, 3.05) is 19.4 Å². The van der Waals surface area contributed by atoms with Crippen LogP contribution in [-0.2, 0) is 4.74 Å². The standard InChI is InChI=1S/C17H26N2O2/c1-16(2)11-14(17(3,4)21-16)18-13-9-7-8-12(10-13)15(20)19(5)6/h7-10,14,18H,11H2,1-6H3. The zero-order valence-electron chi connectivity index (χ0n) is 13.9. The van der Waals surface area contributed by atoms with Crippen molar-refractivity contribution in [2.24, 2.45) is 0 Å². The molecule has 0 radical (unpaired) electrons. The molecule has 1 amide bonds. The average Bonchev–Trinajstić information content (AvgIpc) is 2.56. The summed E-state index contributed by atoms with van der Waals surface area (Å²) in [7, 11) is 3.53. The Hall–Kier alpha value is -1.55. The molecular weight excluding hydrogens is 264 g/mol. The average molecular weight is 290 g/mol. The van der Waals surface area contributed by atoms with E-state index in [1.54, 1.807) is 19.0 Å². The first-order chi connectivity index (χ1) is 9.61. The van der Waals surface area contributed by atoms with Crippen molar-refractivity contribution in [3.05, 3.63) is 29.8 Å². The number of hydrogen-bond donors (Lipinski definition) is 1. The minimum absolute atomic E-state index is 0.0147. The lowest BCUT2D eigenvalue weighted by Gasteiger charge is -2.28. The first-order valence-corrected chi connectivity index (χ1v) is 7.39. The third kappa shape index (κ3) is 3.56. The van der Waals surface area contributed by atoms with E-state index in [2.05, 4.69) is 33.0 Å². The van der Waals surface area contributed by atoms with Crippen LogP contribution in [0.5, 0.6) is 0 Å². The molecule has 0 bridgehead atoms. The molecule has 1 aromatic rings. The van der Waals surface area contributed by atoms with E-state index in [4.69, 9.17) is 4.74 Å². The van der Waals surface area contributed by atoms with Crippen LogP contribution in [0.3, 0.4) is 0 Å². The topological polar surface area (TPSA) is 41.6 Å². The largest absolute Gasteiger partial charge is 0.379 e. The molecule has 21 heavy (non-hydrogen) atoms. The maximum Gasteiger partial charge on any atom is 0.253 e. The number of anilines is 1. The van der Waals surface area contributed by atoms with Crippen LogP contribution < -0.4 is 5.32 Å². The molecule has 2 rings (SSSR count). The molecule has 1 aliphatic heterocycles. The van der Waals surface area contributed by atoms with Crippen molar-refractivity contribution >= 4 is 11.6 Å². The van der Waals surface area contributed by atoms with Gasteiger partial charge in [-0.15, -0.1) is 0 Å². The highest BCUT2D eigenvalue weighted by Gasteiger charge is 2.45. The van der Waals surface area contributed by atoms with Crippen LogP contribution >= 0.6 is 0 Å². The van der Waals surface area contributed by atoms with Gasteiger partial charge in [-0.2, -0.15) is 0 Å². The number of benzene rings is 1. The van der Waals surface area contributed by atoms with Crippen LogP contribution in [0.15, 0.2) is 24.3 Å². The monoisotopic (exact) mass is 290 g/mol. The summed E-state index contributed by atoms with van der Waals surface area (Å²) in [4.78, 5) is 13.6. The van der Waals surface area contributed by atoms with Gasteiger partial charge in [-0.1, -0.05) is 6.07 Å². The van der Waals surface area contributed by atoms with Gasteiger partial charge in [-0.25, -0.2) is 0 Å². The third-order valence-electron chi connectivity index (χ3n) is 3.93. The van der Waals surface area contributed by atoms with Crippen LogP contribution in [0, 0.1) is 0 Å². The number of hydrogen-bond acceptors (Lipinski definition) is 3. The summed E-state index contributed by atoms with van der Waals surface area (Å²) in [6.45, 7) is 8.44. The highest BCUT2D eigenvalue weighted by Crippen LogP contribution is 2.38. The Kier molecular flexibility index (Phi) is 4.02. The van der Waals surface area contributed by atoms with Gasteiger partial charge in [0.2, 0.25) is 0 Å². The van der Waals surface area contributed by atoms with Crippen LogP contribution in [0.4, 0.5) is 5.69 Å². The second kappa shape index (κ2) is 5.34. The number of carbonyl (C=O) groups is 1. The van der Waals surface area contributed by atoms with Crippen LogP contribution in [-0.4, -0.2) is 42.1 Å².